The zero-order valence-electron chi connectivity index (χ0n) is 8.84. The third-order valence-electron chi connectivity index (χ3n) is 2.37. The van der Waals surface area contributed by atoms with Crippen molar-refractivity contribution >= 4 is 5.78 Å². The molecule has 3 heteroatoms. The average Bonchev–Trinajstić information content (AvgIpc) is 2.38. The number of carbonyl (C=O) groups is 1. The molecule has 80 valence electrons. The summed E-state index contributed by atoms with van der Waals surface area (Å²) < 4.78 is 0. The quantitative estimate of drug-likeness (QED) is 0.730. The lowest BCUT2D eigenvalue weighted by Gasteiger charge is -2.00. The van der Waals surface area contributed by atoms with Crippen LogP contribution in [-0.4, -0.2) is 15.8 Å². The van der Waals surface area contributed by atoms with E-state index in [2.05, 4.69) is 9.97 Å². The van der Waals surface area contributed by atoms with E-state index in [1.54, 1.807) is 36.9 Å². The van der Waals surface area contributed by atoms with Crippen molar-refractivity contribution in [2.75, 3.05) is 0 Å². The van der Waals surface area contributed by atoms with E-state index in [-0.39, 0.29) is 5.78 Å². The first-order valence-electron chi connectivity index (χ1n) is 5.18. The van der Waals surface area contributed by atoms with Crippen molar-refractivity contribution in [2.45, 2.75) is 12.8 Å². The molecule has 0 aliphatic heterocycles. The third kappa shape index (κ3) is 2.73. The number of nitrogens with zero attached hydrogens (tertiary/aromatic N) is 2. The van der Waals surface area contributed by atoms with E-state index in [0.29, 0.717) is 12.0 Å². The van der Waals surface area contributed by atoms with E-state index in [1.165, 1.54) is 0 Å². The highest BCUT2D eigenvalue weighted by Crippen LogP contribution is 2.06. The van der Waals surface area contributed by atoms with Gasteiger partial charge in [0.15, 0.2) is 5.78 Å². The van der Waals surface area contributed by atoms with E-state index < -0.39 is 0 Å². The second kappa shape index (κ2) is 5.16. The van der Waals surface area contributed by atoms with Gasteiger partial charge in [-0.1, -0.05) is 0 Å². The van der Waals surface area contributed by atoms with Crippen LogP contribution in [0, 0.1) is 0 Å². The molecule has 0 fully saturated rings. The minimum absolute atomic E-state index is 0.130. The monoisotopic (exact) mass is 212 g/mol. The predicted molar refractivity (Wildman–Crippen MR) is 61.1 cm³/mol. The van der Waals surface area contributed by atoms with Crippen molar-refractivity contribution in [3.63, 3.8) is 0 Å². The number of Topliss-reactive ketones (excluding diaryl/α,β-unsaturated/α-hetero) is 1. The molecule has 0 bridgehead atoms. The van der Waals surface area contributed by atoms with Crippen LogP contribution in [0.3, 0.4) is 0 Å². The van der Waals surface area contributed by atoms with E-state index in [0.717, 1.165) is 12.0 Å². The molecule has 0 saturated carbocycles. The lowest BCUT2D eigenvalue weighted by Crippen LogP contribution is -2.01. The Balaban J connectivity index is 1.95. The summed E-state index contributed by atoms with van der Waals surface area (Å²) >= 11 is 0. The second-order valence-electron chi connectivity index (χ2n) is 3.52. The Morgan fingerprint density at radius 1 is 1.06 bits per heavy atom. The van der Waals surface area contributed by atoms with Crippen LogP contribution in [0.2, 0.25) is 0 Å². The lowest BCUT2D eigenvalue weighted by atomic mass is 10.1. The Morgan fingerprint density at radius 3 is 2.56 bits per heavy atom. The maximum absolute atomic E-state index is 11.8. The number of aryl methyl sites for hydroxylation is 1. The van der Waals surface area contributed by atoms with Crippen molar-refractivity contribution in [1.82, 2.24) is 9.97 Å². The number of hydrogen-bond donors (Lipinski definition) is 0. The smallest absolute Gasteiger partial charge is 0.164 e. The maximum Gasteiger partial charge on any atom is 0.164 e. The SMILES string of the molecule is O=C(CCc1ccncc1)c1cccnc1. The molecule has 0 spiro atoms. The summed E-state index contributed by atoms with van der Waals surface area (Å²) in [6, 6.07) is 7.43. The van der Waals surface area contributed by atoms with Gasteiger partial charge in [0.25, 0.3) is 0 Å². The van der Waals surface area contributed by atoms with Gasteiger partial charge in [0.2, 0.25) is 0 Å². The van der Waals surface area contributed by atoms with Crippen molar-refractivity contribution in [1.29, 1.82) is 0 Å². The van der Waals surface area contributed by atoms with Crippen LogP contribution in [0.1, 0.15) is 22.3 Å². The summed E-state index contributed by atoms with van der Waals surface area (Å²) in [4.78, 5) is 19.6. The first kappa shape index (κ1) is 10.5. The van der Waals surface area contributed by atoms with E-state index in [9.17, 15) is 4.79 Å². The van der Waals surface area contributed by atoms with Crippen LogP contribution in [-0.2, 0) is 6.42 Å². The second-order valence-corrected chi connectivity index (χ2v) is 3.52. The molecule has 0 radical (unpaired) electrons. The largest absolute Gasteiger partial charge is 0.294 e. The molecule has 0 N–H and O–H groups in total. The van der Waals surface area contributed by atoms with Crippen LogP contribution in [0.5, 0.6) is 0 Å². The molecule has 2 heterocycles. The van der Waals surface area contributed by atoms with Gasteiger partial charge in [0.1, 0.15) is 0 Å². The first-order chi connectivity index (χ1) is 7.86. The van der Waals surface area contributed by atoms with Gasteiger partial charge in [-0.3, -0.25) is 14.8 Å². The Hall–Kier alpha value is -2.03. The lowest BCUT2D eigenvalue weighted by molar-refractivity contribution is 0.0982. The van der Waals surface area contributed by atoms with Gasteiger partial charge in [-0.2, -0.15) is 0 Å². The van der Waals surface area contributed by atoms with Gasteiger partial charge >= 0.3 is 0 Å². The number of carbonyl (C=O) groups excluding carboxylic acids is 1. The van der Waals surface area contributed by atoms with E-state index in [1.807, 2.05) is 12.1 Å². The summed E-state index contributed by atoms with van der Waals surface area (Å²) in [5.74, 6) is 0.130. The maximum atomic E-state index is 11.8. The average molecular weight is 212 g/mol. The number of hydrogen-bond acceptors (Lipinski definition) is 3. The van der Waals surface area contributed by atoms with Crippen LogP contribution in [0.15, 0.2) is 49.1 Å². The number of aromatic nitrogens is 2. The number of ketones is 1. The summed E-state index contributed by atoms with van der Waals surface area (Å²) in [5.41, 5.74) is 1.81. The zero-order valence-corrected chi connectivity index (χ0v) is 8.84. The molecular weight excluding hydrogens is 200 g/mol. The molecule has 16 heavy (non-hydrogen) atoms. The molecular formula is C13H12N2O. The predicted octanol–water partition coefficient (Wildman–Crippen LogP) is 2.29. The summed E-state index contributed by atoms with van der Waals surface area (Å²) in [6.07, 6.45) is 8.01. The van der Waals surface area contributed by atoms with Gasteiger partial charge < -0.3 is 0 Å². The van der Waals surface area contributed by atoms with Crippen LogP contribution in [0.4, 0.5) is 0 Å². The molecule has 0 amide bonds. The number of pyridine rings is 2. The topological polar surface area (TPSA) is 42.9 Å². The molecule has 0 aromatic carbocycles. The summed E-state index contributed by atoms with van der Waals surface area (Å²) in [7, 11) is 0. The van der Waals surface area contributed by atoms with E-state index in [4.69, 9.17) is 0 Å². The third-order valence-corrected chi connectivity index (χ3v) is 2.37. The van der Waals surface area contributed by atoms with Crippen molar-refractivity contribution < 1.29 is 4.79 Å². The summed E-state index contributed by atoms with van der Waals surface area (Å²) in [6.45, 7) is 0. The van der Waals surface area contributed by atoms with Crippen molar-refractivity contribution in [3.05, 3.63) is 60.2 Å². The molecule has 2 aromatic heterocycles. The Morgan fingerprint density at radius 2 is 1.88 bits per heavy atom. The Kier molecular flexibility index (Phi) is 3.38. The molecule has 2 aromatic rings. The Labute approximate surface area is 94.2 Å². The van der Waals surface area contributed by atoms with Gasteiger partial charge in [0, 0.05) is 36.8 Å². The highest BCUT2D eigenvalue weighted by atomic mass is 16.1. The number of rotatable bonds is 4. The van der Waals surface area contributed by atoms with Gasteiger partial charge in [0.05, 0.1) is 0 Å². The molecule has 0 aliphatic carbocycles. The summed E-state index contributed by atoms with van der Waals surface area (Å²) in [5, 5.41) is 0. The highest BCUT2D eigenvalue weighted by Gasteiger charge is 2.05. The molecule has 3 nitrogen and oxygen atoms in total. The normalized spacial score (nSPS) is 10.0. The fourth-order valence-corrected chi connectivity index (χ4v) is 1.48. The van der Waals surface area contributed by atoms with Gasteiger partial charge in [-0.15, -0.1) is 0 Å². The molecule has 0 saturated heterocycles. The molecule has 0 unspecified atom stereocenters. The van der Waals surface area contributed by atoms with Crippen molar-refractivity contribution in [2.24, 2.45) is 0 Å². The molecule has 0 aliphatic rings. The molecule has 0 atom stereocenters. The van der Waals surface area contributed by atoms with Crippen LogP contribution < -0.4 is 0 Å². The highest BCUT2D eigenvalue weighted by molar-refractivity contribution is 5.95. The van der Waals surface area contributed by atoms with Crippen LogP contribution >= 0.6 is 0 Å². The van der Waals surface area contributed by atoms with Gasteiger partial charge in [-0.25, -0.2) is 0 Å². The zero-order chi connectivity index (χ0) is 11.2. The first-order valence-corrected chi connectivity index (χ1v) is 5.18. The fraction of sp³-hybridized carbons (Fsp3) is 0.154. The van der Waals surface area contributed by atoms with E-state index >= 15 is 0 Å². The molecule has 2 rings (SSSR count). The van der Waals surface area contributed by atoms with Crippen LogP contribution in [0.25, 0.3) is 0 Å². The van der Waals surface area contributed by atoms with Gasteiger partial charge in [-0.05, 0) is 36.2 Å². The minimum atomic E-state index is 0.130. The standard InChI is InChI=1S/C13H12N2O/c16-13(12-2-1-7-15-10-12)4-3-11-5-8-14-9-6-11/h1-2,5-10H,3-4H2. The Bertz CT molecular complexity index is 454. The minimum Gasteiger partial charge on any atom is -0.294 e. The fourth-order valence-electron chi connectivity index (χ4n) is 1.48. The van der Waals surface area contributed by atoms with Crippen molar-refractivity contribution in [3.8, 4) is 0 Å².